The van der Waals surface area contributed by atoms with Gasteiger partial charge in [-0.2, -0.15) is 0 Å². The van der Waals surface area contributed by atoms with Crippen LogP contribution in [0.25, 0.3) is 55.7 Å². The van der Waals surface area contributed by atoms with Crippen LogP contribution in [0.2, 0.25) is 0 Å². The van der Waals surface area contributed by atoms with Gasteiger partial charge < -0.3 is 15.3 Å². The maximum atomic E-state index is 4.97. The number of aromatic amines is 2. The molecule has 7 aromatic rings. The zero-order valence-electron chi connectivity index (χ0n) is 21.0. The fourth-order valence-electron chi connectivity index (χ4n) is 4.85. The Labute approximate surface area is 224 Å². The van der Waals surface area contributed by atoms with Gasteiger partial charge in [-0.05, 0) is 41.0 Å². The van der Waals surface area contributed by atoms with Crippen molar-refractivity contribution in [3.05, 3.63) is 115 Å². The minimum atomic E-state index is 0.730. The second-order valence-corrected chi connectivity index (χ2v) is 9.40. The molecule has 6 heterocycles. The SMILES string of the molecule is c1ccc(CNCc2cncc(-c3cnc4[nH]cc(-c5nc6c(-c7ccncc7)cncc6[nH]5)c4c3)c2)cc1. The molecule has 0 saturated carbocycles. The Balaban J connectivity index is 1.20. The average molecular weight is 509 g/mol. The molecule has 0 bridgehead atoms. The molecule has 7 rings (SSSR count). The van der Waals surface area contributed by atoms with Gasteiger partial charge >= 0.3 is 0 Å². The Morgan fingerprint density at radius 2 is 1.51 bits per heavy atom. The van der Waals surface area contributed by atoms with Gasteiger partial charge in [0.05, 0.1) is 17.2 Å². The Morgan fingerprint density at radius 1 is 0.692 bits per heavy atom. The van der Waals surface area contributed by atoms with E-state index in [0.717, 1.165) is 74.4 Å². The summed E-state index contributed by atoms with van der Waals surface area (Å²) in [5.74, 6) is 0.760. The number of pyridine rings is 4. The first-order valence-electron chi connectivity index (χ1n) is 12.7. The topological polar surface area (TPSA) is 108 Å². The van der Waals surface area contributed by atoms with E-state index in [1.165, 1.54) is 5.56 Å². The molecular weight excluding hydrogens is 484 g/mol. The Kier molecular flexibility index (Phi) is 5.84. The summed E-state index contributed by atoms with van der Waals surface area (Å²) in [6.07, 6.45) is 14.8. The van der Waals surface area contributed by atoms with Gasteiger partial charge in [-0.1, -0.05) is 30.3 Å². The number of aromatic nitrogens is 7. The number of benzene rings is 1. The van der Waals surface area contributed by atoms with E-state index in [1.54, 1.807) is 18.6 Å². The van der Waals surface area contributed by atoms with E-state index < -0.39 is 0 Å². The normalized spacial score (nSPS) is 11.4. The summed E-state index contributed by atoms with van der Waals surface area (Å²) in [4.78, 5) is 29.5. The quantitative estimate of drug-likeness (QED) is 0.247. The van der Waals surface area contributed by atoms with Crippen molar-refractivity contribution in [1.82, 2.24) is 40.2 Å². The van der Waals surface area contributed by atoms with E-state index in [9.17, 15) is 0 Å². The van der Waals surface area contributed by atoms with Gasteiger partial charge in [0.15, 0.2) is 0 Å². The van der Waals surface area contributed by atoms with Gasteiger partial charge in [0.1, 0.15) is 11.5 Å². The Bertz CT molecular complexity index is 1890. The molecule has 0 aliphatic heterocycles. The van der Waals surface area contributed by atoms with E-state index in [2.05, 4.69) is 66.6 Å². The fourth-order valence-corrected chi connectivity index (χ4v) is 4.85. The van der Waals surface area contributed by atoms with Crippen LogP contribution >= 0.6 is 0 Å². The van der Waals surface area contributed by atoms with Crippen LogP contribution in [0.3, 0.4) is 0 Å². The van der Waals surface area contributed by atoms with Crippen molar-refractivity contribution >= 4 is 22.1 Å². The van der Waals surface area contributed by atoms with Crippen molar-refractivity contribution in [3.63, 3.8) is 0 Å². The number of hydrogen-bond acceptors (Lipinski definition) is 6. The third-order valence-electron chi connectivity index (χ3n) is 6.80. The zero-order valence-corrected chi connectivity index (χ0v) is 21.0. The molecule has 0 unspecified atom stereocenters. The molecule has 0 amide bonds. The van der Waals surface area contributed by atoms with Gasteiger partial charge in [-0.25, -0.2) is 9.97 Å². The summed E-state index contributed by atoms with van der Waals surface area (Å²) >= 11 is 0. The lowest BCUT2D eigenvalue weighted by Gasteiger charge is -2.07. The number of rotatable bonds is 7. The van der Waals surface area contributed by atoms with E-state index in [4.69, 9.17) is 9.97 Å². The van der Waals surface area contributed by atoms with E-state index in [0.29, 0.717) is 0 Å². The molecule has 3 N–H and O–H groups in total. The fraction of sp³-hybridized carbons (Fsp3) is 0.0645. The molecule has 0 aliphatic carbocycles. The highest BCUT2D eigenvalue weighted by molar-refractivity contribution is 5.98. The molecule has 0 radical (unpaired) electrons. The molecule has 0 saturated heterocycles. The molecule has 6 aromatic heterocycles. The van der Waals surface area contributed by atoms with E-state index >= 15 is 0 Å². The number of H-pyrrole nitrogens is 2. The van der Waals surface area contributed by atoms with Gasteiger partial charge in [0.2, 0.25) is 0 Å². The highest BCUT2D eigenvalue weighted by Crippen LogP contribution is 2.33. The summed E-state index contributed by atoms with van der Waals surface area (Å²) < 4.78 is 0. The van der Waals surface area contributed by atoms with Crippen molar-refractivity contribution in [1.29, 1.82) is 0 Å². The van der Waals surface area contributed by atoms with Crippen molar-refractivity contribution in [3.8, 4) is 33.6 Å². The average Bonchev–Trinajstić information content (AvgIpc) is 3.62. The van der Waals surface area contributed by atoms with Gasteiger partial charge in [0, 0.05) is 84.1 Å². The lowest BCUT2D eigenvalue weighted by atomic mass is 10.1. The molecule has 0 fully saturated rings. The lowest BCUT2D eigenvalue weighted by molar-refractivity contribution is 0.691. The van der Waals surface area contributed by atoms with Crippen LogP contribution in [0.15, 0.2) is 104 Å². The Hall–Kier alpha value is -5.21. The first-order valence-corrected chi connectivity index (χ1v) is 12.7. The monoisotopic (exact) mass is 508 g/mol. The highest BCUT2D eigenvalue weighted by Gasteiger charge is 2.15. The molecule has 0 atom stereocenters. The summed E-state index contributed by atoms with van der Waals surface area (Å²) in [5, 5.41) is 4.48. The van der Waals surface area contributed by atoms with Crippen molar-refractivity contribution in [2.75, 3.05) is 0 Å². The van der Waals surface area contributed by atoms with Crippen LogP contribution in [-0.2, 0) is 13.1 Å². The van der Waals surface area contributed by atoms with Crippen LogP contribution < -0.4 is 5.32 Å². The Morgan fingerprint density at radius 3 is 2.41 bits per heavy atom. The molecule has 0 spiro atoms. The minimum Gasteiger partial charge on any atom is -0.345 e. The predicted octanol–water partition coefficient (Wildman–Crippen LogP) is 5.92. The smallest absolute Gasteiger partial charge is 0.140 e. The highest BCUT2D eigenvalue weighted by atomic mass is 14.9. The van der Waals surface area contributed by atoms with Crippen LogP contribution in [0.1, 0.15) is 11.1 Å². The van der Waals surface area contributed by atoms with Crippen LogP contribution in [0.4, 0.5) is 0 Å². The van der Waals surface area contributed by atoms with Gasteiger partial charge in [0.25, 0.3) is 0 Å². The summed E-state index contributed by atoms with van der Waals surface area (Å²) in [6.45, 7) is 1.54. The third kappa shape index (κ3) is 4.54. The molecule has 8 nitrogen and oxygen atoms in total. The number of fused-ring (bicyclic) bond motifs is 2. The van der Waals surface area contributed by atoms with Crippen LogP contribution in [-0.4, -0.2) is 34.9 Å². The summed E-state index contributed by atoms with van der Waals surface area (Å²) in [5.41, 5.74) is 9.86. The van der Waals surface area contributed by atoms with Crippen LogP contribution in [0, 0.1) is 0 Å². The van der Waals surface area contributed by atoms with E-state index in [1.807, 2.05) is 49.2 Å². The maximum absolute atomic E-state index is 4.97. The standard InChI is InChI=1S/C31H24N8/c1-2-4-20(5-3-1)12-33-13-21-10-23(15-34-14-21)24-11-25-27(18-37-30(25)36-16-24)31-38-28-19-35-17-26(29(28)39-31)22-6-8-32-9-7-22/h1-11,14-19,33H,12-13H2,(H,36,37)(H,38,39). The van der Waals surface area contributed by atoms with Crippen molar-refractivity contribution in [2.45, 2.75) is 13.1 Å². The summed E-state index contributed by atoms with van der Waals surface area (Å²) in [7, 11) is 0. The van der Waals surface area contributed by atoms with Gasteiger partial charge in [-0.3, -0.25) is 15.0 Å². The zero-order chi connectivity index (χ0) is 26.0. The first kappa shape index (κ1) is 22.9. The molecule has 1 aromatic carbocycles. The number of nitrogens with zero attached hydrogens (tertiary/aromatic N) is 5. The molecule has 8 heteroatoms. The lowest BCUT2D eigenvalue weighted by Crippen LogP contribution is -2.12. The molecule has 188 valence electrons. The number of nitrogens with one attached hydrogen (secondary N) is 3. The second kappa shape index (κ2) is 9.92. The largest absolute Gasteiger partial charge is 0.345 e. The summed E-state index contributed by atoms with van der Waals surface area (Å²) in [6, 6.07) is 18.6. The second-order valence-electron chi connectivity index (χ2n) is 9.40. The third-order valence-corrected chi connectivity index (χ3v) is 6.80. The number of imidazole rings is 1. The maximum Gasteiger partial charge on any atom is 0.140 e. The molecule has 39 heavy (non-hydrogen) atoms. The van der Waals surface area contributed by atoms with Gasteiger partial charge in [-0.15, -0.1) is 0 Å². The first-order chi connectivity index (χ1) is 19.3. The molecule has 0 aliphatic rings. The minimum absolute atomic E-state index is 0.730. The van der Waals surface area contributed by atoms with Crippen molar-refractivity contribution < 1.29 is 0 Å². The van der Waals surface area contributed by atoms with Crippen molar-refractivity contribution in [2.24, 2.45) is 0 Å². The van der Waals surface area contributed by atoms with E-state index in [-0.39, 0.29) is 0 Å². The molecular formula is C31H24N8. The predicted molar refractivity (Wildman–Crippen MR) is 152 cm³/mol. The number of hydrogen-bond donors (Lipinski definition) is 3. The van der Waals surface area contributed by atoms with Crippen LogP contribution in [0.5, 0.6) is 0 Å².